The molecule has 1 aromatic carbocycles. The van der Waals surface area contributed by atoms with Crippen LogP contribution in [0.4, 0.5) is 0 Å². The van der Waals surface area contributed by atoms with Crippen molar-refractivity contribution in [1.82, 2.24) is 0 Å². The predicted octanol–water partition coefficient (Wildman–Crippen LogP) is 4.55. The van der Waals surface area contributed by atoms with Crippen LogP contribution in [-0.4, -0.2) is 14.9 Å². The zero-order valence-electron chi connectivity index (χ0n) is 15.4. The first-order valence-electron chi connectivity index (χ1n) is 7.78. The van der Waals surface area contributed by atoms with Crippen molar-refractivity contribution in [2.75, 3.05) is 0 Å². The second-order valence-electron chi connectivity index (χ2n) is 7.96. The third-order valence-corrected chi connectivity index (χ3v) is 4.28. The Morgan fingerprint density at radius 3 is 1.67 bits per heavy atom. The summed E-state index contributed by atoms with van der Waals surface area (Å²) in [5, 5.41) is 10.7. The Kier molecular flexibility index (Phi) is 7.76. The van der Waals surface area contributed by atoms with Crippen molar-refractivity contribution in [2.24, 2.45) is 0 Å². The molecule has 1 rings (SSSR count). The number of hydrogen-bond acceptors (Lipinski definition) is 3. The second-order valence-corrected chi connectivity index (χ2v) is 9.15. The Labute approximate surface area is 155 Å². The number of aromatic hydroxyl groups is 1. The molecule has 0 bridgehead atoms. The average Bonchev–Trinajstić information content (AvgIpc) is 2.32. The van der Waals surface area contributed by atoms with Crippen LogP contribution in [0.15, 0.2) is 12.1 Å². The quantitative estimate of drug-likeness (QED) is 0.508. The van der Waals surface area contributed by atoms with Crippen LogP contribution >= 0.6 is 7.82 Å². The van der Waals surface area contributed by atoms with Crippen molar-refractivity contribution in [1.29, 1.82) is 0 Å². The number of phenols is 1. The molecule has 5 nitrogen and oxygen atoms in total. The summed E-state index contributed by atoms with van der Waals surface area (Å²) in [4.78, 5) is 18.3. The Bertz CT molecular complexity index is 575. The molecule has 24 heavy (non-hydrogen) atoms. The van der Waals surface area contributed by atoms with Crippen molar-refractivity contribution < 1.29 is 40.5 Å². The van der Waals surface area contributed by atoms with E-state index in [4.69, 9.17) is 14.3 Å². The van der Waals surface area contributed by atoms with Crippen LogP contribution in [-0.2, 0) is 36.4 Å². The summed E-state index contributed by atoms with van der Waals surface area (Å²) in [7, 11) is -4.59. The van der Waals surface area contributed by atoms with Gasteiger partial charge in [0.05, 0.1) is 6.10 Å². The van der Waals surface area contributed by atoms with Gasteiger partial charge in [-0.15, -0.1) is 0 Å². The maximum absolute atomic E-state index is 11.2. The molecule has 0 amide bonds. The van der Waals surface area contributed by atoms with Gasteiger partial charge in [0.1, 0.15) is 5.75 Å². The minimum atomic E-state index is -4.59. The van der Waals surface area contributed by atoms with Gasteiger partial charge in [-0.3, -0.25) is 4.52 Å². The monoisotopic (exact) mass is 402 g/mol. The van der Waals surface area contributed by atoms with Crippen LogP contribution in [0.25, 0.3) is 0 Å². The number of phosphoric ester groups is 1. The zero-order chi connectivity index (χ0) is 18.2. The third kappa shape index (κ3) is 6.17. The fourth-order valence-electron chi connectivity index (χ4n) is 2.52. The fraction of sp³-hybridized carbons (Fsp3) is 0.647. The molecule has 142 valence electrons. The van der Waals surface area contributed by atoms with Crippen LogP contribution in [0.3, 0.4) is 0 Å². The molecule has 0 radical (unpaired) electrons. The van der Waals surface area contributed by atoms with Crippen molar-refractivity contribution >= 4 is 7.82 Å². The number of phenolic OH excluding ortho intramolecular Hbond substituents is 1. The number of rotatable bonds is 4. The first kappa shape index (κ1) is 23.6. The van der Waals surface area contributed by atoms with Crippen LogP contribution in [0.5, 0.6) is 5.75 Å². The van der Waals surface area contributed by atoms with Gasteiger partial charge in [0.25, 0.3) is 0 Å². The molecule has 0 spiro atoms. The molecule has 1 aromatic rings. The van der Waals surface area contributed by atoms with Crippen LogP contribution in [0.1, 0.15) is 77.7 Å². The van der Waals surface area contributed by atoms with E-state index >= 15 is 0 Å². The van der Waals surface area contributed by atoms with E-state index in [1.807, 2.05) is 41.5 Å². The minimum Gasteiger partial charge on any atom is -0.507 e. The number of phosphoric acid groups is 1. The molecular weight excluding hydrogens is 374 g/mol. The van der Waals surface area contributed by atoms with E-state index in [2.05, 4.69) is 0 Å². The van der Waals surface area contributed by atoms with E-state index in [0.29, 0.717) is 12.0 Å². The molecule has 1 atom stereocenters. The van der Waals surface area contributed by atoms with Crippen LogP contribution in [0, 0.1) is 0 Å². The topological polar surface area (TPSA) is 87.0 Å². The molecule has 0 heterocycles. The molecule has 0 aliphatic carbocycles. The first-order valence-corrected chi connectivity index (χ1v) is 9.31. The molecule has 0 fully saturated rings. The smallest absolute Gasteiger partial charge is 0.470 e. The average molecular weight is 403 g/mol. The Morgan fingerprint density at radius 2 is 1.42 bits per heavy atom. The Morgan fingerprint density at radius 1 is 1.04 bits per heavy atom. The molecule has 0 aromatic heterocycles. The first-order chi connectivity index (χ1) is 10.2. The van der Waals surface area contributed by atoms with Gasteiger partial charge in [-0.2, -0.15) is 0 Å². The maximum atomic E-state index is 11.2. The van der Waals surface area contributed by atoms with Crippen molar-refractivity contribution in [3.63, 3.8) is 0 Å². The molecule has 0 aliphatic heterocycles. The van der Waals surface area contributed by atoms with E-state index in [1.165, 1.54) is 0 Å². The van der Waals surface area contributed by atoms with E-state index in [1.54, 1.807) is 19.1 Å². The van der Waals surface area contributed by atoms with Crippen molar-refractivity contribution in [3.8, 4) is 5.75 Å². The van der Waals surface area contributed by atoms with Gasteiger partial charge in [0.2, 0.25) is 0 Å². The summed E-state index contributed by atoms with van der Waals surface area (Å²) in [6.07, 6.45) is -0.304. The summed E-state index contributed by atoms with van der Waals surface area (Å²) in [5.74, 6) is 0.236. The number of hydrogen-bond donors (Lipinski definition) is 3. The standard InChI is InChI=1S/C17H29O5P.Ni/c1-8-14(22-23(19,20)21)11-9-12(16(2,3)4)15(18)13(10-11)17(5,6)7;/h9-10,14,18H,8H2,1-7H3,(H2,19,20,21);. The van der Waals surface area contributed by atoms with Crippen molar-refractivity contribution in [3.05, 3.63) is 28.8 Å². The molecule has 0 aliphatic rings. The summed E-state index contributed by atoms with van der Waals surface area (Å²) in [5.41, 5.74) is 1.55. The summed E-state index contributed by atoms with van der Waals surface area (Å²) in [6, 6.07) is 3.57. The molecule has 1 unspecified atom stereocenters. The molecular formula is C17H29NiO5P. The van der Waals surface area contributed by atoms with E-state index in [9.17, 15) is 9.67 Å². The van der Waals surface area contributed by atoms with Gasteiger partial charge in [-0.25, -0.2) is 4.57 Å². The normalized spacial score (nSPS) is 14.2. The Balaban J connectivity index is 0.00000529. The molecule has 7 heteroatoms. The third-order valence-electron chi connectivity index (χ3n) is 3.76. The van der Waals surface area contributed by atoms with Crippen LogP contribution in [0.2, 0.25) is 0 Å². The van der Waals surface area contributed by atoms with E-state index < -0.39 is 13.9 Å². The molecule has 0 saturated carbocycles. The maximum Gasteiger partial charge on any atom is 0.470 e. The van der Waals surface area contributed by atoms with Gasteiger partial charge in [-0.1, -0.05) is 48.5 Å². The number of benzene rings is 1. The molecule has 0 saturated heterocycles. The van der Waals surface area contributed by atoms with Gasteiger partial charge in [0.15, 0.2) is 0 Å². The van der Waals surface area contributed by atoms with Gasteiger partial charge >= 0.3 is 7.82 Å². The largest absolute Gasteiger partial charge is 0.507 e. The minimum absolute atomic E-state index is 0. The summed E-state index contributed by atoms with van der Waals surface area (Å²) in [6.45, 7) is 13.7. The van der Waals surface area contributed by atoms with E-state index in [0.717, 1.165) is 11.1 Å². The van der Waals surface area contributed by atoms with E-state index in [-0.39, 0.29) is 33.1 Å². The second kappa shape index (κ2) is 7.89. The summed E-state index contributed by atoms with van der Waals surface area (Å²) < 4.78 is 16.2. The molecule has 3 N–H and O–H groups in total. The van der Waals surface area contributed by atoms with Gasteiger partial charge in [-0.05, 0) is 46.1 Å². The van der Waals surface area contributed by atoms with Gasteiger partial charge in [0, 0.05) is 16.5 Å². The SMILES string of the molecule is CCC(OP(=O)(O)O)c1cc(C(C)(C)C)c(O)c(C(C)(C)C)c1.[Ni]. The summed E-state index contributed by atoms with van der Waals surface area (Å²) >= 11 is 0. The predicted molar refractivity (Wildman–Crippen MR) is 91.7 cm³/mol. The van der Waals surface area contributed by atoms with Gasteiger partial charge < -0.3 is 14.9 Å². The zero-order valence-corrected chi connectivity index (χ0v) is 17.2. The Hall–Kier alpha value is -0.376. The van der Waals surface area contributed by atoms with Crippen LogP contribution < -0.4 is 0 Å². The fourth-order valence-corrected chi connectivity index (χ4v) is 3.13. The van der Waals surface area contributed by atoms with Crippen molar-refractivity contribution in [2.45, 2.75) is 71.8 Å².